The zero-order valence-electron chi connectivity index (χ0n) is 34.0. The van der Waals surface area contributed by atoms with E-state index in [1.807, 2.05) is 24.3 Å². The van der Waals surface area contributed by atoms with Crippen LogP contribution < -0.4 is 5.32 Å². The number of ether oxygens (including phenoxy) is 1. The molecule has 1 aromatic carbocycles. The number of nitrogens with one attached hydrogen (secondary N) is 1. The monoisotopic (exact) mass is 740 g/mol. The number of carboxylic acids is 1. The minimum Gasteiger partial charge on any atom is -0.506 e. The van der Waals surface area contributed by atoms with Gasteiger partial charge in [0, 0.05) is 10.8 Å². The lowest BCUT2D eigenvalue weighted by atomic mass is 9.32. The number of esters is 1. The van der Waals surface area contributed by atoms with E-state index in [1.54, 1.807) is 19.9 Å². The number of benzene rings is 1. The number of aromatic hydroxyl groups is 1. The number of hydrogen-bond acceptors (Lipinski definition) is 6. The Morgan fingerprint density at radius 3 is 2.35 bits per heavy atom. The maximum atomic E-state index is 14.7. The van der Waals surface area contributed by atoms with Gasteiger partial charge in [-0.15, -0.1) is 0 Å². The SMILES string of the molecule is C=C(C)C1CC[C@]2(C(=O)NCc3ccc4cccc(O)c4n3)CC[C@]3(C)C(CCC4C5(C)CCC(OC(=O)CC(C)(C)C(=O)O)C(C)(C)C5CCC43C)C12. The summed E-state index contributed by atoms with van der Waals surface area (Å²) < 4.78 is 6.18. The van der Waals surface area contributed by atoms with E-state index in [1.165, 1.54) is 5.57 Å². The molecule has 7 rings (SSSR count). The lowest BCUT2D eigenvalue weighted by molar-refractivity contribution is -0.249. The van der Waals surface area contributed by atoms with Gasteiger partial charge in [-0.2, -0.15) is 0 Å². The summed E-state index contributed by atoms with van der Waals surface area (Å²) in [5, 5.41) is 24.3. The molecule has 0 spiro atoms. The first-order chi connectivity index (χ1) is 25.2. The Balaban J connectivity index is 1.13. The first-order valence-corrected chi connectivity index (χ1v) is 20.7. The molecular formula is C46H64N2O6. The van der Waals surface area contributed by atoms with Crippen molar-refractivity contribution in [3.63, 3.8) is 0 Å². The van der Waals surface area contributed by atoms with Crippen LogP contribution in [-0.2, 0) is 25.7 Å². The Morgan fingerprint density at radius 2 is 1.65 bits per heavy atom. The Labute approximate surface area is 322 Å². The molecule has 10 atom stereocenters. The average Bonchev–Trinajstić information content (AvgIpc) is 3.50. The predicted molar refractivity (Wildman–Crippen MR) is 210 cm³/mol. The minimum absolute atomic E-state index is 0.0731. The van der Waals surface area contributed by atoms with Gasteiger partial charge in [0.25, 0.3) is 0 Å². The number of phenolic OH excluding ortho intramolecular Hbond substituents is 1. The van der Waals surface area contributed by atoms with Gasteiger partial charge in [0.05, 0.1) is 29.5 Å². The standard InChI is InChI=1S/C46H64N2O6/c1-27(2)30-17-22-46(39(51)47-26-29-14-13-28-11-10-12-32(49)38(28)48-29)24-23-44(8)31(37(30)46)15-16-34-43(7)20-19-35(54-36(50)25-41(3,4)40(52)53)42(5,6)33(43)18-21-45(34,44)9/h10-14,30-31,33-35,37,49H,1,15-26H2,2-9H3,(H,47,51)(H,52,53)/t30?,31?,33?,34?,35?,37?,43?,44-,45?,46+/m1/s1. The maximum Gasteiger partial charge on any atom is 0.309 e. The third-order valence-corrected chi connectivity index (χ3v) is 17.1. The Bertz CT molecular complexity index is 1870. The maximum absolute atomic E-state index is 14.7. The van der Waals surface area contributed by atoms with E-state index in [4.69, 9.17) is 9.72 Å². The third kappa shape index (κ3) is 5.73. The number of aromatic nitrogens is 1. The van der Waals surface area contributed by atoms with Crippen molar-refractivity contribution in [2.45, 2.75) is 139 Å². The highest BCUT2D eigenvalue weighted by molar-refractivity contribution is 5.85. The Hall–Kier alpha value is -3.42. The lowest BCUT2D eigenvalue weighted by Crippen LogP contribution is -2.67. The van der Waals surface area contributed by atoms with Gasteiger partial charge in [-0.1, -0.05) is 65.0 Å². The molecule has 5 aliphatic carbocycles. The number of phenols is 1. The quantitative estimate of drug-likeness (QED) is 0.182. The Kier molecular flexibility index (Phi) is 9.41. The largest absolute Gasteiger partial charge is 0.506 e. The number of carbonyl (C=O) groups is 3. The molecule has 294 valence electrons. The van der Waals surface area contributed by atoms with Gasteiger partial charge in [0.15, 0.2) is 0 Å². The van der Waals surface area contributed by atoms with Crippen molar-refractivity contribution in [2.75, 3.05) is 0 Å². The van der Waals surface area contributed by atoms with Crippen LogP contribution >= 0.6 is 0 Å². The highest BCUT2D eigenvalue weighted by atomic mass is 16.5. The number of para-hydroxylation sites is 1. The topological polar surface area (TPSA) is 126 Å². The van der Waals surface area contributed by atoms with Crippen molar-refractivity contribution in [3.05, 3.63) is 48.2 Å². The van der Waals surface area contributed by atoms with Crippen LogP contribution in [-0.4, -0.2) is 39.1 Å². The molecule has 2 aromatic rings. The van der Waals surface area contributed by atoms with E-state index in [-0.39, 0.29) is 51.8 Å². The smallest absolute Gasteiger partial charge is 0.309 e. The molecule has 8 heteroatoms. The second kappa shape index (κ2) is 13.1. The number of amides is 1. The average molecular weight is 741 g/mol. The molecular weight excluding hydrogens is 677 g/mol. The molecule has 5 fully saturated rings. The molecule has 1 heterocycles. The van der Waals surface area contributed by atoms with Crippen molar-refractivity contribution >= 4 is 28.7 Å². The van der Waals surface area contributed by atoms with Crippen LogP contribution in [0.5, 0.6) is 5.75 Å². The molecule has 1 amide bonds. The van der Waals surface area contributed by atoms with Gasteiger partial charge in [0.2, 0.25) is 5.91 Å². The van der Waals surface area contributed by atoms with Crippen molar-refractivity contribution < 1.29 is 29.3 Å². The van der Waals surface area contributed by atoms with Crippen molar-refractivity contribution in [1.82, 2.24) is 10.3 Å². The lowest BCUT2D eigenvalue weighted by Gasteiger charge is -2.72. The highest BCUT2D eigenvalue weighted by Gasteiger charge is 2.72. The fraction of sp³-hybridized carbons (Fsp3) is 0.696. The van der Waals surface area contributed by atoms with Crippen molar-refractivity contribution in [1.29, 1.82) is 0 Å². The number of nitrogens with zero attached hydrogens (tertiary/aromatic N) is 1. The molecule has 5 saturated carbocycles. The summed E-state index contributed by atoms with van der Waals surface area (Å²) in [4.78, 5) is 44.2. The van der Waals surface area contributed by atoms with E-state index >= 15 is 0 Å². The summed E-state index contributed by atoms with van der Waals surface area (Å²) in [5.41, 5.74) is 0.945. The first kappa shape index (κ1) is 38.8. The van der Waals surface area contributed by atoms with Crippen LogP contribution in [0.15, 0.2) is 42.5 Å². The number of carboxylic acid groups (broad SMARTS) is 1. The summed E-state index contributed by atoms with van der Waals surface area (Å²) in [6.07, 6.45) is 9.65. The molecule has 8 unspecified atom stereocenters. The van der Waals surface area contributed by atoms with E-state index in [9.17, 15) is 24.6 Å². The number of hydrogen-bond donors (Lipinski definition) is 3. The van der Waals surface area contributed by atoms with Crippen LogP contribution in [0.25, 0.3) is 10.9 Å². The van der Waals surface area contributed by atoms with Crippen molar-refractivity contribution in [3.8, 4) is 5.75 Å². The van der Waals surface area contributed by atoms with Gasteiger partial charge in [0.1, 0.15) is 17.4 Å². The molecule has 0 bridgehead atoms. The van der Waals surface area contributed by atoms with Crippen LogP contribution in [0.2, 0.25) is 0 Å². The first-order valence-electron chi connectivity index (χ1n) is 20.7. The number of fused-ring (bicyclic) bond motifs is 8. The van der Waals surface area contributed by atoms with Gasteiger partial charge in [-0.3, -0.25) is 14.4 Å². The van der Waals surface area contributed by atoms with E-state index in [2.05, 4.69) is 53.4 Å². The summed E-state index contributed by atoms with van der Waals surface area (Å²) in [6.45, 7) is 22.5. The van der Waals surface area contributed by atoms with Crippen LogP contribution in [0.3, 0.4) is 0 Å². The summed E-state index contributed by atoms with van der Waals surface area (Å²) in [6, 6.07) is 9.30. The van der Waals surface area contributed by atoms with E-state index < -0.39 is 22.8 Å². The molecule has 8 nitrogen and oxygen atoms in total. The van der Waals surface area contributed by atoms with Crippen LogP contribution in [0.4, 0.5) is 0 Å². The zero-order valence-corrected chi connectivity index (χ0v) is 34.0. The third-order valence-electron chi connectivity index (χ3n) is 17.1. The number of rotatable bonds is 8. The second-order valence-corrected chi connectivity index (χ2v) is 20.4. The molecule has 5 aliphatic rings. The van der Waals surface area contributed by atoms with Crippen LogP contribution in [0.1, 0.15) is 132 Å². The number of carbonyl (C=O) groups excluding carboxylic acids is 2. The van der Waals surface area contributed by atoms with Gasteiger partial charge in [-0.25, -0.2) is 4.98 Å². The number of aliphatic carboxylic acids is 1. The second-order valence-electron chi connectivity index (χ2n) is 20.4. The fourth-order valence-corrected chi connectivity index (χ4v) is 14.0. The van der Waals surface area contributed by atoms with E-state index in [0.29, 0.717) is 35.7 Å². The highest BCUT2D eigenvalue weighted by Crippen LogP contribution is 2.77. The fourth-order valence-electron chi connectivity index (χ4n) is 14.0. The summed E-state index contributed by atoms with van der Waals surface area (Å²) in [7, 11) is 0. The Morgan fingerprint density at radius 1 is 0.907 bits per heavy atom. The van der Waals surface area contributed by atoms with Gasteiger partial charge >= 0.3 is 11.9 Å². The normalized spacial score (nSPS) is 38.3. The molecule has 0 saturated heterocycles. The van der Waals surface area contributed by atoms with E-state index in [0.717, 1.165) is 75.3 Å². The van der Waals surface area contributed by atoms with Gasteiger partial charge in [-0.05, 0) is 143 Å². The summed E-state index contributed by atoms with van der Waals surface area (Å²) >= 11 is 0. The van der Waals surface area contributed by atoms with Gasteiger partial charge < -0.3 is 20.3 Å². The van der Waals surface area contributed by atoms with Crippen LogP contribution in [0, 0.1) is 62.1 Å². The number of pyridine rings is 1. The number of allylic oxidation sites excluding steroid dienone is 1. The minimum atomic E-state index is -1.16. The molecule has 0 aliphatic heterocycles. The molecule has 3 N–H and O–H groups in total. The van der Waals surface area contributed by atoms with Crippen molar-refractivity contribution in [2.24, 2.45) is 62.1 Å². The summed E-state index contributed by atoms with van der Waals surface area (Å²) in [5.74, 6) is 0.788. The molecule has 1 aromatic heterocycles. The predicted octanol–water partition coefficient (Wildman–Crippen LogP) is 9.63. The molecule has 54 heavy (non-hydrogen) atoms. The zero-order chi connectivity index (χ0) is 39.2. The molecule has 0 radical (unpaired) electrons.